The minimum atomic E-state index is 0.250. The molecule has 0 atom stereocenters. The monoisotopic (exact) mass is 265 g/mol. The molecule has 2 aromatic rings. The van der Waals surface area contributed by atoms with Crippen molar-refractivity contribution < 1.29 is 4.74 Å². The molecule has 18 heavy (non-hydrogen) atoms. The lowest BCUT2D eigenvalue weighted by Gasteiger charge is -2.11. The van der Waals surface area contributed by atoms with E-state index in [0.717, 1.165) is 5.56 Å². The molecule has 0 radical (unpaired) electrons. The summed E-state index contributed by atoms with van der Waals surface area (Å²) in [6.45, 7) is 4.09. The highest BCUT2D eigenvalue weighted by Crippen LogP contribution is 2.38. The molecule has 0 aliphatic heterocycles. The normalized spacial score (nSPS) is 10.9. The number of nitrogens with zero attached hydrogens (tertiary/aromatic N) is 2. The van der Waals surface area contributed by atoms with Crippen molar-refractivity contribution in [2.45, 2.75) is 19.9 Å². The van der Waals surface area contributed by atoms with E-state index in [2.05, 4.69) is 4.98 Å². The van der Waals surface area contributed by atoms with Crippen LogP contribution in [0.2, 0.25) is 5.02 Å². The summed E-state index contributed by atoms with van der Waals surface area (Å²) in [6, 6.07) is 5.72. The predicted molar refractivity (Wildman–Crippen MR) is 74.0 cm³/mol. The topological polar surface area (TPSA) is 53.1 Å². The van der Waals surface area contributed by atoms with Crippen molar-refractivity contribution in [3.05, 3.63) is 29.5 Å². The van der Waals surface area contributed by atoms with Crippen LogP contribution in [0.25, 0.3) is 11.3 Å². The van der Waals surface area contributed by atoms with Crippen LogP contribution in [0.15, 0.2) is 24.5 Å². The smallest absolute Gasteiger partial charge is 0.131 e. The zero-order valence-electron chi connectivity index (χ0n) is 10.6. The van der Waals surface area contributed by atoms with Gasteiger partial charge in [0, 0.05) is 6.04 Å². The summed E-state index contributed by atoms with van der Waals surface area (Å²) in [5.74, 6) is 1.26. The van der Waals surface area contributed by atoms with Gasteiger partial charge in [0.25, 0.3) is 0 Å². The number of ether oxygens (including phenoxy) is 1. The maximum Gasteiger partial charge on any atom is 0.131 e. The second kappa shape index (κ2) is 4.90. The molecule has 0 unspecified atom stereocenters. The third kappa shape index (κ3) is 2.04. The molecular weight excluding hydrogens is 250 g/mol. The van der Waals surface area contributed by atoms with Gasteiger partial charge < -0.3 is 15.0 Å². The molecule has 2 rings (SSSR count). The highest BCUT2D eigenvalue weighted by Gasteiger charge is 2.18. The Balaban J connectivity index is 2.62. The number of nitrogen functional groups attached to an aromatic ring is 1. The Morgan fingerprint density at radius 3 is 2.67 bits per heavy atom. The van der Waals surface area contributed by atoms with Crippen LogP contribution < -0.4 is 10.5 Å². The van der Waals surface area contributed by atoms with Crippen LogP contribution in [0.3, 0.4) is 0 Å². The fraction of sp³-hybridized carbons (Fsp3) is 0.308. The van der Waals surface area contributed by atoms with Gasteiger partial charge >= 0.3 is 0 Å². The van der Waals surface area contributed by atoms with Crippen LogP contribution in [0, 0.1) is 0 Å². The average molecular weight is 266 g/mol. The van der Waals surface area contributed by atoms with Crippen molar-refractivity contribution in [2.24, 2.45) is 0 Å². The Kier molecular flexibility index (Phi) is 3.48. The Morgan fingerprint density at radius 1 is 1.39 bits per heavy atom. The Morgan fingerprint density at radius 2 is 2.11 bits per heavy atom. The average Bonchev–Trinajstić information content (AvgIpc) is 2.70. The Hall–Kier alpha value is -1.68. The minimum Gasteiger partial charge on any atom is -0.496 e. The second-order valence-electron chi connectivity index (χ2n) is 4.30. The maximum absolute atomic E-state index is 6.22. The zero-order chi connectivity index (χ0) is 13.3. The van der Waals surface area contributed by atoms with E-state index in [9.17, 15) is 0 Å². The van der Waals surface area contributed by atoms with E-state index >= 15 is 0 Å². The number of aromatic nitrogens is 2. The van der Waals surface area contributed by atoms with Gasteiger partial charge in [0.2, 0.25) is 0 Å². The molecule has 0 spiro atoms. The fourth-order valence-electron chi connectivity index (χ4n) is 1.88. The Labute approximate surface area is 111 Å². The van der Waals surface area contributed by atoms with Crippen molar-refractivity contribution in [1.29, 1.82) is 0 Å². The van der Waals surface area contributed by atoms with Crippen LogP contribution in [0.5, 0.6) is 5.75 Å². The Bertz CT molecular complexity index is 563. The quantitative estimate of drug-likeness (QED) is 0.926. The van der Waals surface area contributed by atoms with Gasteiger partial charge in [-0.2, -0.15) is 0 Å². The summed E-state index contributed by atoms with van der Waals surface area (Å²) in [7, 11) is 1.60. The third-order valence-corrected chi connectivity index (χ3v) is 3.14. The van der Waals surface area contributed by atoms with E-state index in [0.29, 0.717) is 22.3 Å². The number of rotatable bonds is 3. The van der Waals surface area contributed by atoms with Crippen molar-refractivity contribution >= 4 is 17.4 Å². The molecule has 0 aliphatic carbocycles. The molecule has 0 aliphatic rings. The van der Waals surface area contributed by atoms with Crippen LogP contribution in [0.4, 0.5) is 5.82 Å². The van der Waals surface area contributed by atoms with Gasteiger partial charge in [-0.15, -0.1) is 0 Å². The van der Waals surface area contributed by atoms with Crippen molar-refractivity contribution in [3.63, 3.8) is 0 Å². The molecule has 0 saturated heterocycles. The molecule has 96 valence electrons. The molecule has 0 saturated carbocycles. The van der Waals surface area contributed by atoms with Crippen molar-refractivity contribution in [1.82, 2.24) is 9.55 Å². The highest BCUT2D eigenvalue weighted by molar-refractivity contribution is 6.33. The molecular formula is C13H16ClN3O. The van der Waals surface area contributed by atoms with Crippen molar-refractivity contribution in [3.8, 4) is 17.0 Å². The lowest BCUT2D eigenvalue weighted by molar-refractivity contribution is 0.416. The summed E-state index contributed by atoms with van der Waals surface area (Å²) < 4.78 is 7.22. The summed E-state index contributed by atoms with van der Waals surface area (Å²) in [4.78, 5) is 4.35. The van der Waals surface area contributed by atoms with Gasteiger partial charge in [-0.3, -0.25) is 0 Å². The minimum absolute atomic E-state index is 0.250. The highest BCUT2D eigenvalue weighted by atomic mass is 35.5. The van der Waals surface area contributed by atoms with Crippen LogP contribution in [0.1, 0.15) is 19.9 Å². The van der Waals surface area contributed by atoms with E-state index < -0.39 is 0 Å². The van der Waals surface area contributed by atoms with E-state index in [1.54, 1.807) is 19.5 Å². The molecule has 1 aromatic heterocycles. The summed E-state index contributed by atoms with van der Waals surface area (Å²) in [5, 5.41) is 0.579. The van der Waals surface area contributed by atoms with Gasteiger partial charge in [-0.05, 0) is 26.0 Å². The number of halogens is 1. The number of hydrogen-bond acceptors (Lipinski definition) is 3. The second-order valence-corrected chi connectivity index (χ2v) is 4.70. The number of benzene rings is 1. The number of anilines is 1. The van der Waals surface area contributed by atoms with Crippen LogP contribution >= 0.6 is 11.6 Å². The largest absolute Gasteiger partial charge is 0.496 e. The first-order valence-electron chi connectivity index (χ1n) is 5.71. The third-order valence-electron chi connectivity index (χ3n) is 2.82. The summed E-state index contributed by atoms with van der Waals surface area (Å²) >= 11 is 6.22. The van der Waals surface area contributed by atoms with Crippen LogP contribution in [-0.2, 0) is 0 Å². The molecule has 0 amide bonds. The first-order valence-corrected chi connectivity index (χ1v) is 6.09. The van der Waals surface area contributed by atoms with E-state index in [1.165, 1.54) is 0 Å². The molecule has 4 nitrogen and oxygen atoms in total. The predicted octanol–water partition coefficient (Wildman–Crippen LogP) is 3.38. The fourth-order valence-corrected chi connectivity index (χ4v) is 2.13. The lowest BCUT2D eigenvalue weighted by Crippen LogP contribution is -2.04. The van der Waals surface area contributed by atoms with E-state index in [1.807, 2.05) is 30.5 Å². The van der Waals surface area contributed by atoms with Gasteiger partial charge in [0.15, 0.2) is 0 Å². The summed E-state index contributed by atoms with van der Waals surface area (Å²) in [6.07, 6.45) is 1.72. The first-order chi connectivity index (χ1) is 8.56. The van der Waals surface area contributed by atoms with Gasteiger partial charge in [-0.25, -0.2) is 4.98 Å². The number of imidazole rings is 1. The van der Waals surface area contributed by atoms with Crippen LogP contribution in [-0.4, -0.2) is 16.7 Å². The van der Waals surface area contributed by atoms with E-state index in [-0.39, 0.29) is 6.04 Å². The molecule has 1 aromatic carbocycles. The lowest BCUT2D eigenvalue weighted by atomic mass is 10.1. The van der Waals surface area contributed by atoms with Gasteiger partial charge in [-0.1, -0.05) is 17.7 Å². The summed E-state index contributed by atoms with van der Waals surface area (Å²) in [5.41, 5.74) is 7.51. The molecule has 0 bridgehead atoms. The zero-order valence-corrected chi connectivity index (χ0v) is 11.4. The van der Waals surface area contributed by atoms with E-state index in [4.69, 9.17) is 22.1 Å². The number of hydrogen-bond donors (Lipinski definition) is 1. The maximum atomic E-state index is 6.22. The van der Waals surface area contributed by atoms with Gasteiger partial charge in [0.05, 0.1) is 24.0 Å². The molecule has 1 heterocycles. The molecule has 2 N–H and O–H groups in total. The van der Waals surface area contributed by atoms with Crippen molar-refractivity contribution in [2.75, 3.05) is 12.8 Å². The first kappa shape index (κ1) is 12.8. The van der Waals surface area contributed by atoms with Gasteiger partial charge in [0.1, 0.15) is 17.3 Å². The molecule has 5 heteroatoms. The number of nitrogens with two attached hydrogens (primary N) is 1. The molecule has 0 fully saturated rings. The standard InChI is InChI=1S/C13H16ClN3O/c1-8(2)17-7-16-12(13(17)15)11-9(14)5-4-6-10(11)18-3/h4-8H,15H2,1-3H3. The SMILES string of the molecule is COc1cccc(Cl)c1-c1ncn(C(C)C)c1N. The number of methoxy groups -OCH3 is 1.